The van der Waals surface area contributed by atoms with Gasteiger partial charge in [-0.2, -0.15) is 5.11 Å². The molecule has 0 aromatic heterocycles. The highest BCUT2D eigenvalue weighted by Gasteiger charge is 2.55. The highest BCUT2D eigenvalue weighted by Crippen LogP contribution is 2.35. The first-order chi connectivity index (χ1) is 12.0. The zero-order chi connectivity index (χ0) is 17.7. The normalized spacial score (nSPS) is 22.0. The molecule has 2 heterocycles. The maximum Gasteiger partial charge on any atom is 0.263 e. The minimum absolute atomic E-state index is 0.134. The number of carbonyl (C=O) groups is 2. The van der Waals surface area contributed by atoms with Crippen LogP contribution < -0.4 is 9.91 Å². The van der Waals surface area contributed by atoms with Gasteiger partial charge in [-0.15, -0.1) is 0 Å². The van der Waals surface area contributed by atoms with E-state index < -0.39 is 35.5 Å². The topological polar surface area (TPSA) is 65.3 Å². The van der Waals surface area contributed by atoms with Gasteiger partial charge in [-0.25, -0.2) is 18.7 Å². The molecule has 0 aliphatic carbocycles. The molecule has 0 N–H and O–H groups in total. The highest BCUT2D eigenvalue weighted by molar-refractivity contribution is 6.26. The summed E-state index contributed by atoms with van der Waals surface area (Å²) in [4.78, 5) is 26.2. The zero-order valence-corrected chi connectivity index (χ0v) is 13.1. The van der Waals surface area contributed by atoms with Crippen LogP contribution in [-0.4, -0.2) is 23.9 Å². The summed E-state index contributed by atoms with van der Waals surface area (Å²) in [6.07, 6.45) is 0. The molecule has 8 heteroatoms. The van der Waals surface area contributed by atoms with Gasteiger partial charge in [0.15, 0.2) is 12.1 Å². The molecule has 0 radical (unpaired) electrons. The van der Waals surface area contributed by atoms with Crippen LogP contribution in [0.5, 0.6) is 0 Å². The van der Waals surface area contributed by atoms with Crippen LogP contribution in [0.1, 0.15) is 5.56 Å². The number of amides is 2. The third kappa shape index (κ3) is 2.29. The molecule has 0 bridgehead atoms. The molecule has 0 saturated carbocycles. The van der Waals surface area contributed by atoms with E-state index >= 15 is 0 Å². The number of hydrogen-bond acceptors (Lipinski definition) is 5. The fourth-order valence-electron chi connectivity index (χ4n) is 2.97. The van der Waals surface area contributed by atoms with Gasteiger partial charge in [-0.05, 0) is 42.8 Å². The Morgan fingerprint density at radius 3 is 2.52 bits per heavy atom. The summed E-state index contributed by atoms with van der Waals surface area (Å²) in [5, 5.41) is 8.95. The second kappa shape index (κ2) is 5.44. The molecule has 0 spiro atoms. The number of carbonyl (C=O) groups excluding carboxylic acids is 2. The molecule has 6 nitrogen and oxygen atoms in total. The molecule has 4 rings (SSSR count). The smallest absolute Gasteiger partial charge is 0.263 e. The van der Waals surface area contributed by atoms with Crippen molar-refractivity contribution in [1.82, 2.24) is 0 Å². The highest BCUT2D eigenvalue weighted by atomic mass is 19.1. The molecule has 1 fully saturated rings. The lowest BCUT2D eigenvalue weighted by Gasteiger charge is -2.20. The van der Waals surface area contributed by atoms with E-state index in [2.05, 4.69) is 10.3 Å². The Balaban J connectivity index is 1.71. The Hall–Kier alpha value is -3.16. The van der Waals surface area contributed by atoms with Crippen LogP contribution in [0.15, 0.2) is 52.8 Å². The van der Waals surface area contributed by atoms with Crippen molar-refractivity contribution in [3.05, 3.63) is 59.7 Å². The number of imide groups is 1. The van der Waals surface area contributed by atoms with Gasteiger partial charge in [0.25, 0.3) is 11.8 Å². The summed E-state index contributed by atoms with van der Waals surface area (Å²) in [6, 6.07) is 7.56. The molecule has 2 atom stereocenters. The first-order valence-corrected chi connectivity index (χ1v) is 7.57. The Bertz CT molecular complexity index is 931. The van der Waals surface area contributed by atoms with Crippen molar-refractivity contribution in [2.24, 2.45) is 10.3 Å². The maximum absolute atomic E-state index is 13.8. The molecule has 2 aromatic rings. The molecule has 1 saturated heterocycles. The van der Waals surface area contributed by atoms with Gasteiger partial charge in [-0.3, -0.25) is 9.59 Å². The van der Waals surface area contributed by atoms with Gasteiger partial charge in [-0.1, -0.05) is 17.4 Å². The van der Waals surface area contributed by atoms with Crippen molar-refractivity contribution >= 4 is 23.2 Å². The van der Waals surface area contributed by atoms with Gasteiger partial charge >= 0.3 is 0 Å². The van der Waals surface area contributed by atoms with Gasteiger partial charge in [0, 0.05) is 0 Å². The molecular formula is C17H12F2N4O2. The summed E-state index contributed by atoms with van der Waals surface area (Å²) in [6.45, 7) is 1.61. The standard InChI is InChI=1S/C17H12F2N4O2/c1-9-5-6-12(8-13(9)19)23-15-14(20-21-23)16(24)22(17(15)25)11-4-2-3-10(18)7-11/h2-8,14-15H,1H3. The number of hydrogen-bond donors (Lipinski definition) is 0. The zero-order valence-electron chi connectivity index (χ0n) is 13.1. The van der Waals surface area contributed by atoms with E-state index in [1.807, 2.05) is 0 Å². The largest absolute Gasteiger partial charge is 0.271 e. The Kier molecular flexibility index (Phi) is 3.34. The van der Waals surface area contributed by atoms with Crippen LogP contribution >= 0.6 is 0 Å². The number of fused-ring (bicyclic) bond motifs is 1. The summed E-state index contributed by atoms with van der Waals surface area (Å²) in [5.41, 5.74) is 0.905. The van der Waals surface area contributed by atoms with Crippen LogP contribution in [0.3, 0.4) is 0 Å². The van der Waals surface area contributed by atoms with Crippen molar-refractivity contribution in [1.29, 1.82) is 0 Å². The van der Waals surface area contributed by atoms with Crippen molar-refractivity contribution in [2.45, 2.75) is 19.0 Å². The number of benzene rings is 2. The lowest BCUT2D eigenvalue weighted by molar-refractivity contribution is -0.121. The van der Waals surface area contributed by atoms with E-state index in [1.54, 1.807) is 19.1 Å². The molecule has 2 aliphatic heterocycles. The van der Waals surface area contributed by atoms with E-state index in [1.165, 1.54) is 29.3 Å². The van der Waals surface area contributed by atoms with E-state index in [0.29, 0.717) is 11.3 Å². The fourth-order valence-corrected chi connectivity index (χ4v) is 2.97. The minimum atomic E-state index is -1.03. The van der Waals surface area contributed by atoms with Crippen LogP contribution in [0.4, 0.5) is 20.2 Å². The van der Waals surface area contributed by atoms with E-state index in [0.717, 1.165) is 11.0 Å². The molecule has 2 unspecified atom stereocenters. The fraction of sp³-hybridized carbons (Fsp3) is 0.176. The van der Waals surface area contributed by atoms with Crippen LogP contribution in [0, 0.1) is 18.6 Å². The van der Waals surface area contributed by atoms with E-state index in [-0.39, 0.29) is 5.69 Å². The van der Waals surface area contributed by atoms with Crippen LogP contribution in [0.25, 0.3) is 0 Å². The van der Waals surface area contributed by atoms with Crippen LogP contribution in [0.2, 0.25) is 0 Å². The quantitative estimate of drug-likeness (QED) is 0.788. The van der Waals surface area contributed by atoms with Crippen molar-refractivity contribution in [3.8, 4) is 0 Å². The third-order valence-corrected chi connectivity index (χ3v) is 4.27. The molecule has 2 amide bonds. The minimum Gasteiger partial charge on any atom is -0.271 e. The number of aryl methyl sites for hydroxylation is 1. The van der Waals surface area contributed by atoms with Crippen molar-refractivity contribution in [2.75, 3.05) is 9.91 Å². The first-order valence-electron chi connectivity index (χ1n) is 7.57. The second-order valence-electron chi connectivity index (χ2n) is 5.86. The van der Waals surface area contributed by atoms with Gasteiger partial charge < -0.3 is 0 Å². The molecule has 2 aromatic carbocycles. The molecular weight excluding hydrogens is 330 g/mol. The summed E-state index contributed by atoms with van der Waals surface area (Å²) in [7, 11) is 0. The molecule has 126 valence electrons. The first kappa shape index (κ1) is 15.4. The SMILES string of the molecule is Cc1ccc(N2N=NC3C(=O)N(c4cccc(F)c4)C(=O)C32)cc1F. The average molecular weight is 342 g/mol. The predicted octanol–water partition coefficient (Wildman–Crippen LogP) is 2.77. The average Bonchev–Trinajstić information content (AvgIpc) is 3.11. The number of nitrogens with zero attached hydrogens (tertiary/aromatic N) is 4. The summed E-state index contributed by atoms with van der Waals surface area (Å²) >= 11 is 0. The third-order valence-electron chi connectivity index (χ3n) is 4.27. The Morgan fingerprint density at radius 1 is 1.00 bits per heavy atom. The van der Waals surface area contributed by atoms with Gasteiger partial charge in [0.1, 0.15) is 11.6 Å². The molecule has 2 aliphatic rings. The monoisotopic (exact) mass is 342 g/mol. The number of halogens is 2. The van der Waals surface area contributed by atoms with Crippen molar-refractivity contribution < 1.29 is 18.4 Å². The van der Waals surface area contributed by atoms with Gasteiger partial charge in [0.2, 0.25) is 0 Å². The molecule has 25 heavy (non-hydrogen) atoms. The number of rotatable bonds is 2. The van der Waals surface area contributed by atoms with E-state index in [9.17, 15) is 18.4 Å². The number of anilines is 2. The second-order valence-corrected chi connectivity index (χ2v) is 5.86. The predicted molar refractivity (Wildman–Crippen MR) is 84.9 cm³/mol. The Morgan fingerprint density at radius 2 is 1.80 bits per heavy atom. The summed E-state index contributed by atoms with van der Waals surface area (Å²) < 4.78 is 27.3. The van der Waals surface area contributed by atoms with Gasteiger partial charge in [0.05, 0.1) is 11.4 Å². The lowest BCUT2D eigenvalue weighted by Crippen LogP contribution is -2.40. The van der Waals surface area contributed by atoms with E-state index in [4.69, 9.17) is 0 Å². The Labute approximate surface area is 141 Å². The maximum atomic E-state index is 13.8. The van der Waals surface area contributed by atoms with Crippen LogP contribution in [-0.2, 0) is 9.59 Å². The summed E-state index contributed by atoms with van der Waals surface area (Å²) in [5.74, 6) is -2.17. The lowest BCUT2D eigenvalue weighted by atomic mass is 10.1. The van der Waals surface area contributed by atoms with Crippen molar-refractivity contribution in [3.63, 3.8) is 0 Å².